The van der Waals surface area contributed by atoms with Gasteiger partial charge in [-0.05, 0) is 58.7 Å². The number of unbranched alkanes of at least 4 members (excludes halogenated alkanes) is 19. The van der Waals surface area contributed by atoms with Crippen molar-refractivity contribution < 1.29 is 0 Å². The summed E-state index contributed by atoms with van der Waals surface area (Å²) in [6, 6.07) is 7.49. The molecule has 0 bridgehead atoms. The molecule has 0 amide bonds. The van der Waals surface area contributed by atoms with Crippen LogP contribution in [0.2, 0.25) is 0 Å². The van der Waals surface area contributed by atoms with Crippen molar-refractivity contribution >= 4 is 22.6 Å². The van der Waals surface area contributed by atoms with E-state index in [2.05, 4.69) is 84.2 Å². The van der Waals surface area contributed by atoms with E-state index < -0.39 is 0 Å². The van der Waals surface area contributed by atoms with Gasteiger partial charge in [-0.2, -0.15) is 10.2 Å². The molecule has 3 aromatic rings. The molecule has 0 aliphatic carbocycles. The summed E-state index contributed by atoms with van der Waals surface area (Å²) in [4.78, 5) is 8.60. The molecule has 2 aromatic heterocycles. The van der Waals surface area contributed by atoms with E-state index >= 15 is 0 Å². The van der Waals surface area contributed by atoms with Crippen LogP contribution in [0.15, 0.2) is 43.5 Å². The zero-order valence-electron chi connectivity index (χ0n) is 28.0. The number of aromatic nitrogens is 6. The third-order valence-electron chi connectivity index (χ3n) is 9.14. The predicted octanol–water partition coefficient (Wildman–Crippen LogP) is 11.7. The molecule has 7 heteroatoms. The molecule has 44 heavy (non-hydrogen) atoms. The Morgan fingerprint density at radius 1 is 0.500 bits per heavy atom. The molecule has 0 saturated heterocycles. The highest BCUT2D eigenvalue weighted by Gasteiger charge is 2.20. The van der Waals surface area contributed by atoms with Crippen LogP contribution in [-0.4, -0.2) is 29.5 Å². The molecule has 0 N–H and O–H groups in total. The zero-order chi connectivity index (χ0) is 31.1. The fourth-order valence-corrected chi connectivity index (χ4v) is 7.23. The smallest absolute Gasteiger partial charge is 0.137 e. The predicted molar refractivity (Wildman–Crippen MR) is 193 cm³/mol. The number of rotatable bonds is 27. The largest absolute Gasteiger partial charge is 0.245 e. The monoisotopic (exact) mass is 716 g/mol. The Morgan fingerprint density at radius 3 is 1.16 bits per heavy atom. The van der Waals surface area contributed by atoms with Gasteiger partial charge in [0.25, 0.3) is 0 Å². The van der Waals surface area contributed by atoms with Crippen LogP contribution < -0.4 is 0 Å². The normalized spacial score (nSPS) is 13.0. The maximum Gasteiger partial charge on any atom is 0.137 e. The van der Waals surface area contributed by atoms with Crippen LogP contribution in [0.1, 0.15) is 185 Å². The SMILES string of the molecule is CCCCCCCCCCCCCCCCCC(c1cc(I)cc(C(CCCCCCCC)n2cncn2)c1)n1cncn1. The van der Waals surface area contributed by atoms with Gasteiger partial charge in [0.2, 0.25) is 0 Å². The Balaban J connectivity index is 1.47. The lowest BCUT2D eigenvalue weighted by Gasteiger charge is -2.22. The Labute approximate surface area is 282 Å². The van der Waals surface area contributed by atoms with Crippen molar-refractivity contribution in [2.24, 2.45) is 0 Å². The molecule has 0 radical (unpaired) electrons. The Hall–Kier alpha value is -1.77. The molecule has 6 nitrogen and oxygen atoms in total. The van der Waals surface area contributed by atoms with E-state index in [4.69, 9.17) is 0 Å². The number of halogens is 1. The van der Waals surface area contributed by atoms with Crippen molar-refractivity contribution in [3.8, 4) is 0 Å². The van der Waals surface area contributed by atoms with Crippen LogP contribution in [0.5, 0.6) is 0 Å². The third-order valence-corrected chi connectivity index (χ3v) is 9.76. The highest BCUT2D eigenvalue weighted by atomic mass is 127. The molecular weight excluding hydrogens is 655 g/mol. The maximum atomic E-state index is 4.60. The minimum absolute atomic E-state index is 0.207. The molecule has 246 valence electrons. The first kappa shape index (κ1) is 36.7. The fourth-order valence-electron chi connectivity index (χ4n) is 6.51. The molecule has 2 atom stereocenters. The summed E-state index contributed by atoms with van der Waals surface area (Å²) in [7, 11) is 0. The van der Waals surface area contributed by atoms with Gasteiger partial charge in [0, 0.05) is 3.57 Å². The first-order valence-corrected chi connectivity index (χ1v) is 19.3. The molecule has 2 heterocycles. The van der Waals surface area contributed by atoms with Crippen molar-refractivity contribution in [3.63, 3.8) is 0 Å². The van der Waals surface area contributed by atoms with Gasteiger partial charge < -0.3 is 0 Å². The van der Waals surface area contributed by atoms with Gasteiger partial charge in [0.1, 0.15) is 25.3 Å². The van der Waals surface area contributed by atoms with Gasteiger partial charge in [-0.25, -0.2) is 19.3 Å². The van der Waals surface area contributed by atoms with Crippen LogP contribution in [0, 0.1) is 3.57 Å². The van der Waals surface area contributed by atoms with Gasteiger partial charge in [-0.3, -0.25) is 0 Å². The summed E-state index contributed by atoms with van der Waals surface area (Å²) in [5.41, 5.74) is 2.66. The number of hydrogen-bond donors (Lipinski definition) is 0. The van der Waals surface area contributed by atoms with Crippen molar-refractivity contribution in [2.45, 2.75) is 174 Å². The molecule has 1 aromatic carbocycles. The lowest BCUT2D eigenvalue weighted by atomic mass is 9.94. The summed E-state index contributed by atoms with van der Waals surface area (Å²) in [6.07, 6.45) is 37.9. The molecule has 0 saturated carbocycles. The van der Waals surface area contributed by atoms with Crippen LogP contribution in [0.4, 0.5) is 0 Å². The summed E-state index contributed by atoms with van der Waals surface area (Å²) in [5.74, 6) is 0. The van der Waals surface area contributed by atoms with E-state index in [9.17, 15) is 0 Å². The topological polar surface area (TPSA) is 61.4 Å². The second kappa shape index (κ2) is 23.6. The number of benzene rings is 1. The number of hydrogen-bond acceptors (Lipinski definition) is 4. The Bertz CT molecular complexity index is 1070. The van der Waals surface area contributed by atoms with Crippen LogP contribution >= 0.6 is 22.6 Å². The van der Waals surface area contributed by atoms with Gasteiger partial charge in [-0.15, -0.1) is 0 Å². The highest BCUT2D eigenvalue weighted by Crippen LogP contribution is 2.32. The fraction of sp³-hybridized carbons (Fsp3) is 0.730. The summed E-state index contributed by atoms with van der Waals surface area (Å²) in [5, 5.41) is 9.17. The second-order valence-electron chi connectivity index (χ2n) is 12.9. The highest BCUT2D eigenvalue weighted by molar-refractivity contribution is 14.1. The summed E-state index contributed by atoms with van der Waals surface area (Å²) < 4.78 is 5.39. The van der Waals surface area contributed by atoms with Crippen molar-refractivity contribution in [3.05, 3.63) is 58.2 Å². The van der Waals surface area contributed by atoms with E-state index in [1.54, 1.807) is 12.7 Å². The molecule has 2 unspecified atom stereocenters. The van der Waals surface area contributed by atoms with E-state index in [-0.39, 0.29) is 12.1 Å². The van der Waals surface area contributed by atoms with E-state index in [0.717, 1.165) is 12.8 Å². The van der Waals surface area contributed by atoms with Gasteiger partial charge >= 0.3 is 0 Å². The second-order valence-corrected chi connectivity index (χ2v) is 14.1. The number of nitrogens with zero attached hydrogens (tertiary/aromatic N) is 6. The van der Waals surface area contributed by atoms with Crippen molar-refractivity contribution in [2.75, 3.05) is 0 Å². The minimum atomic E-state index is 0.207. The molecule has 0 aliphatic heterocycles. The summed E-state index contributed by atoms with van der Waals surface area (Å²) in [6.45, 7) is 4.58. The average Bonchev–Trinajstić information content (AvgIpc) is 3.76. The first-order chi connectivity index (χ1) is 21.7. The average molecular weight is 717 g/mol. The van der Waals surface area contributed by atoms with Gasteiger partial charge in [0.05, 0.1) is 12.1 Å². The lowest BCUT2D eigenvalue weighted by Crippen LogP contribution is -2.15. The van der Waals surface area contributed by atoms with Gasteiger partial charge in [0.15, 0.2) is 0 Å². The standard InChI is InChI=1S/C37H61IN6/c1-3-5-7-9-11-12-13-14-15-16-17-18-19-21-23-25-37(44-32-40-30-42-44)34-26-33(27-35(38)28-34)36(43-31-39-29-41-43)24-22-20-10-8-6-4-2/h26-32,36-37H,3-25H2,1-2H3. The zero-order valence-corrected chi connectivity index (χ0v) is 30.2. The van der Waals surface area contributed by atoms with E-state index in [1.807, 2.05) is 12.7 Å². The molecule has 3 rings (SSSR count). The maximum absolute atomic E-state index is 4.60. The third kappa shape index (κ3) is 14.6. The first-order valence-electron chi connectivity index (χ1n) is 18.2. The molecule has 0 fully saturated rings. The van der Waals surface area contributed by atoms with E-state index in [1.165, 1.54) is 150 Å². The quantitative estimate of drug-likeness (QED) is 0.0582. The van der Waals surface area contributed by atoms with E-state index in [0.29, 0.717) is 0 Å². The van der Waals surface area contributed by atoms with Crippen LogP contribution in [0.25, 0.3) is 0 Å². The van der Waals surface area contributed by atoms with Crippen molar-refractivity contribution in [1.82, 2.24) is 29.5 Å². The van der Waals surface area contributed by atoms with Crippen LogP contribution in [-0.2, 0) is 0 Å². The Kier molecular flexibility index (Phi) is 19.6. The lowest BCUT2D eigenvalue weighted by molar-refractivity contribution is 0.446. The minimum Gasteiger partial charge on any atom is -0.245 e. The van der Waals surface area contributed by atoms with Crippen molar-refractivity contribution in [1.29, 1.82) is 0 Å². The molecule has 0 aliphatic rings. The molecular formula is C37H61IN6. The Morgan fingerprint density at radius 2 is 0.841 bits per heavy atom. The summed E-state index contributed by atoms with van der Waals surface area (Å²) >= 11 is 2.48. The van der Waals surface area contributed by atoms with Gasteiger partial charge in [-0.1, -0.05) is 155 Å². The molecule has 0 spiro atoms. The van der Waals surface area contributed by atoms with Crippen LogP contribution in [0.3, 0.4) is 0 Å².